The van der Waals surface area contributed by atoms with E-state index in [0.717, 1.165) is 31.0 Å². The van der Waals surface area contributed by atoms with Crippen LogP contribution in [0.3, 0.4) is 0 Å². The lowest BCUT2D eigenvalue weighted by atomic mass is 10.3. The predicted octanol–water partition coefficient (Wildman–Crippen LogP) is 1.20. The Bertz CT molecular complexity index is 377. The fourth-order valence-electron chi connectivity index (χ4n) is 1.93. The second-order valence-electron chi connectivity index (χ2n) is 4.19. The van der Waals surface area contributed by atoms with Gasteiger partial charge in [-0.05, 0) is 32.1 Å². The molecule has 16 heavy (non-hydrogen) atoms. The summed E-state index contributed by atoms with van der Waals surface area (Å²) < 4.78 is 0. The highest BCUT2D eigenvalue weighted by atomic mass is 15.2. The zero-order valence-electron chi connectivity index (χ0n) is 9.69. The van der Waals surface area contributed by atoms with Gasteiger partial charge >= 0.3 is 0 Å². The van der Waals surface area contributed by atoms with E-state index >= 15 is 0 Å². The molecule has 0 atom stereocenters. The molecule has 2 heterocycles. The van der Waals surface area contributed by atoms with Crippen molar-refractivity contribution in [3.05, 3.63) is 23.9 Å². The molecular weight excluding hydrogens is 198 g/mol. The third-order valence-corrected chi connectivity index (χ3v) is 2.96. The van der Waals surface area contributed by atoms with Crippen molar-refractivity contribution in [2.75, 3.05) is 38.1 Å². The van der Waals surface area contributed by atoms with Gasteiger partial charge in [0.15, 0.2) is 0 Å². The molecule has 0 amide bonds. The van der Waals surface area contributed by atoms with Crippen LogP contribution >= 0.6 is 0 Å². The topological polar surface area (TPSA) is 19.4 Å². The molecule has 2 rings (SSSR count). The highest BCUT2D eigenvalue weighted by molar-refractivity contribution is 5.42. The fourth-order valence-corrected chi connectivity index (χ4v) is 1.93. The maximum atomic E-state index is 5.31. The van der Waals surface area contributed by atoms with Crippen LogP contribution in [-0.4, -0.2) is 43.1 Å². The van der Waals surface area contributed by atoms with Crippen LogP contribution in [0.5, 0.6) is 0 Å². The molecule has 0 radical (unpaired) electrons. The molecule has 0 unspecified atom stereocenters. The second kappa shape index (κ2) is 5.00. The maximum absolute atomic E-state index is 5.31. The van der Waals surface area contributed by atoms with Gasteiger partial charge in [0.05, 0.1) is 0 Å². The lowest BCUT2D eigenvalue weighted by molar-refractivity contribution is 0.360. The zero-order valence-corrected chi connectivity index (χ0v) is 9.69. The molecule has 0 aliphatic carbocycles. The Morgan fingerprint density at radius 2 is 2.12 bits per heavy atom. The summed E-state index contributed by atoms with van der Waals surface area (Å²) in [6.45, 7) is 4.38. The van der Waals surface area contributed by atoms with Crippen molar-refractivity contribution >= 4 is 5.82 Å². The van der Waals surface area contributed by atoms with Gasteiger partial charge in [-0.25, -0.2) is 4.98 Å². The van der Waals surface area contributed by atoms with Gasteiger partial charge < -0.3 is 9.80 Å². The largest absolute Gasteiger partial charge is 0.355 e. The third-order valence-electron chi connectivity index (χ3n) is 2.96. The van der Waals surface area contributed by atoms with Crippen molar-refractivity contribution in [3.8, 4) is 12.3 Å². The Morgan fingerprint density at radius 3 is 2.81 bits per heavy atom. The minimum atomic E-state index is 0.843. The highest BCUT2D eigenvalue weighted by Crippen LogP contribution is 2.13. The molecule has 0 aromatic carbocycles. The number of hydrogen-bond donors (Lipinski definition) is 0. The Hall–Kier alpha value is -1.53. The Balaban J connectivity index is 2.08. The lowest BCUT2D eigenvalue weighted by Gasteiger charge is -2.21. The molecule has 84 valence electrons. The van der Waals surface area contributed by atoms with Crippen LogP contribution in [0.4, 0.5) is 5.82 Å². The van der Waals surface area contributed by atoms with Gasteiger partial charge in [0.2, 0.25) is 0 Å². The number of likely N-dealkylation sites (N-methyl/N-ethyl adjacent to an activating group) is 1. The average molecular weight is 215 g/mol. The van der Waals surface area contributed by atoms with Crippen LogP contribution in [0.15, 0.2) is 18.3 Å². The van der Waals surface area contributed by atoms with Gasteiger partial charge in [-0.1, -0.05) is 5.92 Å². The first kappa shape index (κ1) is 11.0. The van der Waals surface area contributed by atoms with Crippen LogP contribution in [0.2, 0.25) is 0 Å². The van der Waals surface area contributed by atoms with Gasteiger partial charge in [-0.15, -0.1) is 6.42 Å². The Labute approximate surface area is 97.1 Å². The molecule has 0 bridgehead atoms. The second-order valence-corrected chi connectivity index (χ2v) is 4.19. The number of rotatable bonds is 1. The molecule has 1 aliphatic rings. The van der Waals surface area contributed by atoms with Crippen LogP contribution in [-0.2, 0) is 0 Å². The maximum Gasteiger partial charge on any atom is 0.128 e. The Morgan fingerprint density at radius 1 is 1.25 bits per heavy atom. The number of hydrogen-bond acceptors (Lipinski definition) is 3. The van der Waals surface area contributed by atoms with Gasteiger partial charge in [0.1, 0.15) is 5.82 Å². The average Bonchev–Trinajstić information content (AvgIpc) is 2.54. The van der Waals surface area contributed by atoms with E-state index in [9.17, 15) is 0 Å². The van der Waals surface area contributed by atoms with Crippen molar-refractivity contribution in [3.63, 3.8) is 0 Å². The predicted molar refractivity (Wildman–Crippen MR) is 66.5 cm³/mol. The van der Waals surface area contributed by atoms with Gasteiger partial charge in [-0.2, -0.15) is 0 Å². The van der Waals surface area contributed by atoms with E-state index in [0.29, 0.717) is 0 Å². The normalized spacial score (nSPS) is 17.9. The Kier molecular flexibility index (Phi) is 3.43. The molecule has 0 saturated carbocycles. The standard InChI is InChI=1S/C13H17N3/c1-3-12-5-6-13(14-11-12)16-8-4-7-15(2)9-10-16/h1,5-6,11H,4,7-10H2,2H3. The van der Waals surface area contributed by atoms with E-state index in [1.807, 2.05) is 12.1 Å². The van der Waals surface area contributed by atoms with E-state index in [1.165, 1.54) is 13.0 Å². The van der Waals surface area contributed by atoms with Gasteiger partial charge in [0, 0.05) is 31.4 Å². The van der Waals surface area contributed by atoms with E-state index in [4.69, 9.17) is 6.42 Å². The summed E-state index contributed by atoms with van der Waals surface area (Å²) in [5, 5.41) is 0. The summed E-state index contributed by atoms with van der Waals surface area (Å²) in [6, 6.07) is 3.97. The summed E-state index contributed by atoms with van der Waals surface area (Å²) in [7, 11) is 2.17. The van der Waals surface area contributed by atoms with E-state index in [2.05, 4.69) is 27.8 Å². The van der Waals surface area contributed by atoms with Crippen LogP contribution in [0, 0.1) is 12.3 Å². The molecule has 1 aromatic heterocycles. The smallest absolute Gasteiger partial charge is 0.128 e. The first-order valence-electron chi connectivity index (χ1n) is 5.66. The fraction of sp³-hybridized carbons (Fsp3) is 0.462. The van der Waals surface area contributed by atoms with Crippen molar-refractivity contribution in [1.29, 1.82) is 0 Å². The van der Waals surface area contributed by atoms with Crippen molar-refractivity contribution in [2.45, 2.75) is 6.42 Å². The summed E-state index contributed by atoms with van der Waals surface area (Å²) >= 11 is 0. The molecule has 0 N–H and O–H groups in total. The minimum Gasteiger partial charge on any atom is -0.355 e. The van der Waals surface area contributed by atoms with Crippen molar-refractivity contribution < 1.29 is 0 Å². The first-order valence-corrected chi connectivity index (χ1v) is 5.66. The molecule has 3 nitrogen and oxygen atoms in total. The van der Waals surface area contributed by atoms with Crippen LogP contribution in [0.1, 0.15) is 12.0 Å². The van der Waals surface area contributed by atoms with Crippen molar-refractivity contribution in [2.24, 2.45) is 0 Å². The van der Waals surface area contributed by atoms with Crippen LogP contribution in [0.25, 0.3) is 0 Å². The molecule has 0 spiro atoms. The van der Waals surface area contributed by atoms with Crippen LogP contribution < -0.4 is 4.90 Å². The number of anilines is 1. The summed E-state index contributed by atoms with van der Waals surface area (Å²) in [5.74, 6) is 3.62. The zero-order chi connectivity index (χ0) is 11.4. The van der Waals surface area contributed by atoms with Gasteiger partial charge in [-0.3, -0.25) is 0 Å². The summed E-state index contributed by atoms with van der Waals surface area (Å²) in [5.41, 5.74) is 0.843. The molecule has 1 fully saturated rings. The number of aromatic nitrogens is 1. The monoisotopic (exact) mass is 215 g/mol. The first-order chi connectivity index (χ1) is 7.79. The summed E-state index contributed by atoms with van der Waals surface area (Å²) in [4.78, 5) is 9.08. The molecular formula is C13H17N3. The number of terminal acetylenes is 1. The van der Waals surface area contributed by atoms with E-state index in [-0.39, 0.29) is 0 Å². The molecule has 1 aliphatic heterocycles. The SMILES string of the molecule is C#Cc1ccc(N2CCCN(C)CC2)nc1. The molecule has 1 saturated heterocycles. The highest BCUT2D eigenvalue weighted by Gasteiger charge is 2.12. The van der Waals surface area contributed by atoms with Gasteiger partial charge in [0.25, 0.3) is 0 Å². The van der Waals surface area contributed by atoms with E-state index < -0.39 is 0 Å². The van der Waals surface area contributed by atoms with Crippen molar-refractivity contribution in [1.82, 2.24) is 9.88 Å². The quantitative estimate of drug-likeness (QED) is 0.656. The third kappa shape index (κ3) is 2.53. The van der Waals surface area contributed by atoms with E-state index in [1.54, 1.807) is 6.20 Å². The minimum absolute atomic E-state index is 0.843. The molecule has 3 heteroatoms. The lowest BCUT2D eigenvalue weighted by Crippen LogP contribution is -2.29. The molecule has 1 aromatic rings. The number of nitrogens with zero attached hydrogens (tertiary/aromatic N) is 3. The number of pyridine rings is 1. The summed E-state index contributed by atoms with van der Waals surface area (Å²) in [6.07, 6.45) is 8.27.